The zero-order valence-corrected chi connectivity index (χ0v) is 20.7. The second-order valence-electron chi connectivity index (χ2n) is 9.22. The van der Waals surface area contributed by atoms with Crippen LogP contribution in [0.5, 0.6) is 11.5 Å². The number of imide groups is 1. The van der Waals surface area contributed by atoms with Crippen molar-refractivity contribution in [3.8, 4) is 11.5 Å². The smallest absolute Gasteiger partial charge is 0.273 e. The molecular weight excluding hydrogens is 490 g/mol. The Labute approximate surface area is 219 Å². The van der Waals surface area contributed by atoms with Crippen molar-refractivity contribution >= 4 is 28.9 Å². The van der Waals surface area contributed by atoms with Crippen molar-refractivity contribution in [1.82, 2.24) is 0 Å². The topological polar surface area (TPSA) is 122 Å². The summed E-state index contributed by atoms with van der Waals surface area (Å²) in [6.45, 7) is 2.70. The predicted octanol–water partition coefficient (Wildman–Crippen LogP) is 4.92. The predicted molar refractivity (Wildman–Crippen MR) is 139 cm³/mol. The molecule has 2 fully saturated rings. The van der Waals surface area contributed by atoms with Gasteiger partial charge in [0, 0.05) is 11.6 Å². The lowest BCUT2D eigenvalue weighted by atomic mass is 9.90. The number of phenols is 1. The summed E-state index contributed by atoms with van der Waals surface area (Å²) in [6.07, 6.45) is 1.97. The highest BCUT2D eigenvalue weighted by Crippen LogP contribution is 2.49. The lowest BCUT2D eigenvalue weighted by Gasteiger charge is -2.29. The number of benzene rings is 3. The summed E-state index contributed by atoms with van der Waals surface area (Å²) in [6, 6.07) is 18.4. The molecule has 3 aromatic carbocycles. The summed E-state index contributed by atoms with van der Waals surface area (Å²) >= 11 is 0. The summed E-state index contributed by atoms with van der Waals surface area (Å²) in [5.74, 6) is -1.72. The number of fused-ring (bicyclic) bond motifs is 1. The van der Waals surface area contributed by atoms with Crippen LogP contribution in [0.25, 0.3) is 0 Å². The van der Waals surface area contributed by atoms with E-state index in [0.717, 1.165) is 30.2 Å². The Morgan fingerprint density at radius 1 is 0.974 bits per heavy atom. The van der Waals surface area contributed by atoms with Crippen LogP contribution in [0.2, 0.25) is 0 Å². The molecule has 0 spiro atoms. The van der Waals surface area contributed by atoms with E-state index in [4.69, 9.17) is 9.57 Å². The minimum atomic E-state index is -1.13. The molecule has 0 bridgehead atoms. The average molecular weight is 518 g/mol. The van der Waals surface area contributed by atoms with Crippen LogP contribution in [0.15, 0.2) is 72.8 Å². The molecule has 10 nitrogen and oxygen atoms in total. The fraction of sp³-hybridized carbons (Fsp3) is 0.286. The first-order valence-electron chi connectivity index (χ1n) is 12.5. The van der Waals surface area contributed by atoms with Gasteiger partial charge in [-0.2, -0.15) is 0 Å². The van der Waals surface area contributed by atoms with Gasteiger partial charge in [-0.15, -0.1) is 0 Å². The van der Waals surface area contributed by atoms with Gasteiger partial charge in [-0.05, 0) is 48.9 Å². The summed E-state index contributed by atoms with van der Waals surface area (Å²) in [4.78, 5) is 45.0. The third kappa shape index (κ3) is 4.54. The molecule has 0 unspecified atom stereocenters. The van der Waals surface area contributed by atoms with E-state index >= 15 is 0 Å². The molecule has 38 heavy (non-hydrogen) atoms. The fourth-order valence-corrected chi connectivity index (χ4v) is 4.91. The number of hydroxylamine groups is 1. The number of carbonyl (C=O) groups is 2. The molecule has 1 N–H and O–H groups in total. The van der Waals surface area contributed by atoms with Crippen LogP contribution < -0.4 is 14.7 Å². The van der Waals surface area contributed by atoms with Gasteiger partial charge in [0.25, 0.3) is 11.6 Å². The van der Waals surface area contributed by atoms with Crippen molar-refractivity contribution in [2.75, 3.05) is 16.6 Å². The Balaban J connectivity index is 1.46. The van der Waals surface area contributed by atoms with Crippen LogP contribution in [0.3, 0.4) is 0 Å². The second-order valence-corrected chi connectivity index (χ2v) is 9.22. The number of rotatable bonds is 9. The first-order chi connectivity index (χ1) is 18.4. The Kier molecular flexibility index (Phi) is 6.97. The number of unbranched alkanes of at least 4 members (excludes halogenated alkanes) is 2. The molecule has 2 amide bonds. The van der Waals surface area contributed by atoms with Gasteiger partial charge < -0.3 is 9.84 Å². The van der Waals surface area contributed by atoms with Gasteiger partial charge >= 0.3 is 0 Å². The molecule has 0 aromatic heterocycles. The highest BCUT2D eigenvalue weighted by molar-refractivity contribution is 6.24. The highest BCUT2D eigenvalue weighted by Gasteiger charge is 2.60. The number of nitrogens with zero attached hydrogens (tertiary/aromatic N) is 3. The quantitative estimate of drug-likeness (QED) is 0.184. The summed E-state index contributed by atoms with van der Waals surface area (Å²) in [7, 11) is 0. The maximum absolute atomic E-state index is 13.8. The standard InChI is InChI=1S/C28H27N3O7/c1-2-3-7-16-37-21-13-10-18(11-14-21)29-27(33)24-25(22-15-12-20(31(35)36)17-23(22)32)30(38-26(24)28(29)34)19-8-5-4-6-9-19/h4-6,8-15,17,24-26,32H,2-3,7,16H2,1H3/t24-,25+,26-/m1/s1. The molecule has 10 heteroatoms. The Morgan fingerprint density at radius 3 is 2.37 bits per heavy atom. The molecule has 2 aliphatic heterocycles. The van der Waals surface area contributed by atoms with Crippen LogP contribution in [0.1, 0.15) is 37.8 Å². The summed E-state index contributed by atoms with van der Waals surface area (Å²) in [5.41, 5.74) is 0.907. The maximum Gasteiger partial charge on any atom is 0.273 e. The number of non-ortho nitro benzene ring substituents is 1. The lowest BCUT2D eigenvalue weighted by molar-refractivity contribution is -0.385. The molecule has 0 aliphatic carbocycles. The van der Waals surface area contributed by atoms with Gasteiger partial charge in [-0.3, -0.25) is 24.5 Å². The number of nitro groups is 1. The Bertz CT molecular complexity index is 1350. The SMILES string of the molecule is CCCCCOc1ccc(N2C(=O)[C@H]3[C@@H](ON(c4ccccc4)[C@H]3c3ccc([N+](=O)[O-])cc3O)C2=O)cc1. The van der Waals surface area contributed by atoms with Crippen molar-refractivity contribution in [3.05, 3.63) is 88.5 Å². The van der Waals surface area contributed by atoms with E-state index in [0.29, 0.717) is 23.7 Å². The minimum Gasteiger partial charge on any atom is -0.507 e. The van der Waals surface area contributed by atoms with Gasteiger partial charge in [0.05, 0.1) is 35.0 Å². The maximum atomic E-state index is 13.8. The van der Waals surface area contributed by atoms with E-state index in [-0.39, 0.29) is 17.0 Å². The summed E-state index contributed by atoms with van der Waals surface area (Å²) < 4.78 is 5.74. The monoisotopic (exact) mass is 517 g/mol. The second kappa shape index (κ2) is 10.5. The van der Waals surface area contributed by atoms with E-state index in [1.54, 1.807) is 48.5 Å². The fourth-order valence-electron chi connectivity index (χ4n) is 4.91. The van der Waals surface area contributed by atoms with E-state index in [9.17, 15) is 24.8 Å². The van der Waals surface area contributed by atoms with Gasteiger partial charge in [0.2, 0.25) is 5.91 Å². The number of carbonyl (C=O) groups excluding carboxylic acids is 2. The number of hydrogen-bond donors (Lipinski definition) is 1. The number of amides is 2. The van der Waals surface area contributed by atoms with Gasteiger partial charge in [-0.1, -0.05) is 38.0 Å². The molecule has 2 heterocycles. The highest BCUT2D eigenvalue weighted by atomic mass is 16.7. The van der Waals surface area contributed by atoms with E-state index in [2.05, 4.69) is 6.92 Å². The van der Waals surface area contributed by atoms with Gasteiger partial charge in [-0.25, -0.2) is 9.96 Å². The number of ether oxygens (including phenoxy) is 1. The van der Waals surface area contributed by atoms with Crippen LogP contribution in [0, 0.1) is 16.0 Å². The number of phenolic OH excluding ortho intramolecular Hbond substituents is 1. The Morgan fingerprint density at radius 2 is 1.71 bits per heavy atom. The number of aromatic hydroxyl groups is 1. The van der Waals surface area contributed by atoms with Crippen LogP contribution in [0.4, 0.5) is 17.1 Å². The number of anilines is 2. The molecular formula is C28H27N3O7. The van der Waals surface area contributed by atoms with Crippen molar-refractivity contribution in [2.45, 2.75) is 38.3 Å². The molecule has 2 saturated heterocycles. The number of para-hydroxylation sites is 1. The van der Waals surface area contributed by atoms with Crippen LogP contribution in [-0.4, -0.2) is 34.6 Å². The van der Waals surface area contributed by atoms with Crippen molar-refractivity contribution in [3.63, 3.8) is 0 Å². The molecule has 196 valence electrons. The molecule has 0 saturated carbocycles. The largest absolute Gasteiger partial charge is 0.507 e. The molecule has 5 rings (SSSR count). The average Bonchev–Trinajstić information content (AvgIpc) is 3.43. The van der Waals surface area contributed by atoms with E-state index in [1.165, 1.54) is 17.2 Å². The third-order valence-corrected chi connectivity index (χ3v) is 6.78. The van der Waals surface area contributed by atoms with Gasteiger partial charge in [0.15, 0.2) is 6.10 Å². The van der Waals surface area contributed by atoms with Gasteiger partial charge in [0.1, 0.15) is 17.4 Å². The normalized spacial score (nSPS) is 20.6. The van der Waals surface area contributed by atoms with Crippen molar-refractivity contribution in [2.24, 2.45) is 5.92 Å². The minimum absolute atomic E-state index is 0.241. The summed E-state index contributed by atoms with van der Waals surface area (Å²) in [5, 5.41) is 23.4. The van der Waals surface area contributed by atoms with E-state index in [1.807, 2.05) is 6.07 Å². The van der Waals surface area contributed by atoms with Crippen LogP contribution >= 0.6 is 0 Å². The lowest BCUT2D eigenvalue weighted by Crippen LogP contribution is -2.37. The first-order valence-corrected chi connectivity index (χ1v) is 12.5. The molecule has 3 aromatic rings. The zero-order chi connectivity index (χ0) is 26.8. The number of nitro benzene ring substituents is 1. The molecule has 0 radical (unpaired) electrons. The van der Waals surface area contributed by atoms with Crippen LogP contribution in [-0.2, 0) is 14.4 Å². The Hall–Kier alpha value is -4.44. The zero-order valence-electron chi connectivity index (χ0n) is 20.7. The van der Waals surface area contributed by atoms with Crippen molar-refractivity contribution < 1.29 is 29.2 Å². The van der Waals surface area contributed by atoms with Crippen molar-refractivity contribution in [1.29, 1.82) is 0 Å². The molecule has 2 aliphatic rings. The first kappa shape index (κ1) is 25.2. The number of hydrogen-bond acceptors (Lipinski definition) is 8. The molecule has 3 atom stereocenters. The third-order valence-electron chi connectivity index (χ3n) is 6.78. The van der Waals surface area contributed by atoms with E-state index < -0.39 is 34.8 Å².